The van der Waals surface area contributed by atoms with Gasteiger partial charge in [-0.15, -0.1) is 0 Å². The van der Waals surface area contributed by atoms with Crippen LogP contribution in [0.5, 0.6) is 0 Å². The molecule has 0 aliphatic rings. The van der Waals surface area contributed by atoms with Crippen molar-refractivity contribution in [1.82, 2.24) is 0 Å². The topological polar surface area (TPSA) is 0 Å². The van der Waals surface area contributed by atoms with Crippen molar-refractivity contribution >= 4 is 76.9 Å². The van der Waals surface area contributed by atoms with Gasteiger partial charge in [-0.25, -0.2) is 0 Å². The van der Waals surface area contributed by atoms with Crippen molar-refractivity contribution < 1.29 is 6.85 Å². The monoisotopic (exact) mass is 741 g/mol. The van der Waals surface area contributed by atoms with Crippen molar-refractivity contribution in [2.45, 2.75) is 0 Å². The number of hydrogen-bond acceptors (Lipinski definition) is 0. The van der Waals surface area contributed by atoms with Crippen molar-refractivity contribution in [1.29, 1.82) is 0 Å². The first-order valence-electron chi connectivity index (χ1n) is 20.4. The van der Waals surface area contributed by atoms with Crippen LogP contribution in [0.4, 0.5) is 0 Å². The summed E-state index contributed by atoms with van der Waals surface area (Å²) in [6, 6.07) is 56.8. The summed E-state index contributed by atoms with van der Waals surface area (Å²) < 4.78 is 45.9. The molecule has 1 heteroatoms. The van der Waals surface area contributed by atoms with Gasteiger partial charge in [0.05, 0.1) is 0 Å². The molecule has 1 heterocycles. The van der Waals surface area contributed by atoms with Gasteiger partial charge in [-0.2, -0.15) is 0 Å². The first-order chi connectivity index (χ1) is 28.4. The summed E-state index contributed by atoms with van der Waals surface area (Å²) in [6.45, 7) is 0. The second-order valence-electron chi connectivity index (χ2n) is 13.5. The van der Waals surface area contributed by atoms with E-state index in [2.05, 4.69) is 127 Å². The molecule has 0 spiro atoms. The molecular weight excluding hydrogens is 704 g/mol. The van der Waals surface area contributed by atoms with Gasteiger partial charge in [0.1, 0.15) is 0 Å². The summed E-state index contributed by atoms with van der Waals surface area (Å²) in [5.74, 6) is 0. The second kappa shape index (κ2) is 12.2. The normalized spacial score (nSPS) is 13.1. The van der Waals surface area contributed by atoms with Gasteiger partial charge in [0, 0.05) is 0 Å². The Morgan fingerprint density at radius 1 is 0.321 bits per heavy atom. The van der Waals surface area contributed by atoms with Crippen molar-refractivity contribution in [3.63, 3.8) is 0 Å². The molecule has 11 rings (SSSR count). The molecule has 0 saturated carbocycles. The second-order valence-corrected chi connectivity index (χ2v) is 15.8. The van der Waals surface area contributed by atoms with E-state index in [1.165, 1.54) is 68.7 Å². The molecule has 0 atom stereocenters. The van der Waals surface area contributed by atoms with Crippen molar-refractivity contribution in [2.75, 3.05) is 0 Å². The van der Waals surface area contributed by atoms with E-state index in [1.807, 2.05) is 36.4 Å². The van der Waals surface area contributed by atoms with E-state index in [9.17, 15) is 0 Å². The Morgan fingerprint density at radius 2 is 0.774 bits per heavy atom. The van der Waals surface area contributed by atoms with E-state index >= 15 is 0 Å². The van der Waals surface area contributed by atoms with Gasteiger partial charge in [-0.3, -0.25) is 0 Å². The molecule has 0 bridgehead atoms. The minimum absolute atomic E-state index is 0.0133. The van der Waals surface area contributed by atoms with E-state index in [1.54, 1.807) is 0 Å². The standard InChI is InChI=1S/C52H32Se/c1-3-16-33(17-4-1)48-37-20-7-9-22-39(37)50(40-23-10-8-21-38(40)48)35-30-31-36-45-28-15-29-46(52(45)53-47(36)32-35)51-43-26-13-11-24-41(43)49(34-18-5-2-6-19-34)42-25-12-14-27-44(42)51/h1-32H/i2D,5D,6D,18D,19D. The van der Waals surface area contributed by atoms with Gasteiger partial charge < -0.3 is 0 Å². The van der Waals surface area contributed by atoms with Crippen molar-refractivity contribution in [2.24, 2.45) is 0 Å². The fraction of sp³-hybridized carbons (Fsp3) is 0. The van der Waals surface area contributed by atoms with Crippen LogP contribution in [-0.4, -0.2) is 14.5 Å². The van der Waals surface area contributed by atoms with Crippen LogP contribution in [0.1, 0.15) is 6.85 Å². The van der Waals surface area contributed by atoms with Crippen LogP contribution in [0.2, 0.25) is 0 Å². The van der Waals surface area contributed by atoms with Crippen LogP contribution in [0.15, 0.2) is 194 Å². The molecule has 1 aromatic heterocycles. The SMILES string of the molecule is [2H]c1c([2H])c([2H])c(-c2c3ccccc3c(-c3cccc4c3[se]c3cc(-c5c6ccccc6c(-c6ccccc6)c6ccccc56)ccc34)c3ccccc23)c([2H])c1[2H]. The van der Waals surface area contributed by atoms with E-state index in [0.717, 1.165) is 27.1 Å². The molecule has 0 nitrogen and oxygen atoms in total. The van der Waals surface area contributed by atoms with Gasteiger partial charge >= 0.3 is 322 Å². The molecule has 0 aliphatic carbocycles. The van der Waals surface area contributed by atoms with Crippen LogP contribution >= 0.6 is 0 Å². The van der Waals surface area contributed by atoms with Crippen LogP contribution in [0.3, 0.4) is 0 Å². The maximum absolute atomic E-state index is 8.96. The van der Waals surface area contributed by atoms with Gasteiger partial charge in [-0.05, 0) is 0 Å². The number of rotatable bonds is 4. The fourth-order valence-corrected chi connectivity index (χ4v) is 11.2. The van der Waals surface area contributed by atoms with Gasteiger partial charge in [-0.1, -0.05) is 0 Å². The van der Waals surface area contributed by atoms with Crippen LogP contribution in [-0.2, 0) is 0 Å². The molecule has 10 aromatic carbocycles. The Morgan fingerprint density at radius 3 is 1.32 bits per heavy atom. The van der Waals surface area contributed by atoms with Crippen molar-refractivity contribution in [3.05, 3.63) is 194 Å². The summed E-state index contributed by atoms with van der Waals surface area (Å²) in [5.41, 5.74) is 8.08. The molecule has 53 heavy (non-hydrogen) atoms. The zero-order chi connectivity index (χ0) is 39.2. The van der Waals surface area contributed by atoms with Crippen LogP contribution in [0.25, 0.3) is 107 Å². The molecule has 0 aliphatic heterocycles. The molecule has 11 aromatic rings. The van der Waals surface area contributed by atoms with Crippen molar-refractivity contribution in [3.8, 4) is 44.5 Å². The van der Waals surface area contributed by atoms with Gasteiger partial charge in [0.25, 0.3) is 0 Å². The first-order valence-corrected chi connectivity index (χ1v) is 19.6. The summed E-state index contributed by atoms with van der Waals surface area (Å²) in [7, 11) is 0. The third-order valence-corrected chi connectivity index (χ3v) is 13.3. The Kier molecular flexibility index (Phi) is 5.90. The molecule has 246 valence electrons. The summed E-state index contributed by atoms with van der Waals surface area (Å²) in [5, 5.41) is 11.2. The molecule has 0 amide bonds. The zero-order valence-corrected chi connectivity index (χ0v) is 30.2. The molecule has 0 fully saturated rings. The molecular formula is C52H32Se. The Labute approximate surface area is 321 Å². The zero-order valence-electron chi connectivity index (χ0n) is 33.5. The number of benzene rings is 10. The van der Waals surface area contributed by atoms with E-state index in [-0.39, 0.29) is 50.3 Å². The molecule has 0 saturated heterocycles. The fourth-order valence-electron chi connectivity index (χ4n) is 8.57. The van der Waals surface area contributed by atoms with E-state index in [4.69, 9.17) is 6.85 Å². The third-order valence-electron chi connectivity index (χ3n) is 10.7. The Bertz CT molecular complexity index is 3370. The quantitative estimate of drug-likeness (QED) is 0.124. The number of fused-ring (bicyclic) bond motifs is 7. The summed E-state index contributed by atoms with van der Waals surface area (Å²) in [6.07, 6.45) is 0. The van der Waals surface area contributed by atoms with Crippen LogP contribution < -0.4 is 0 Å². The van der Waals surface area contributed by atoms with E-state index < -0.39 is 0 Å². The Balaban J connectivity index is 1.18. The van der Waals surface area contributed by atoms with E-state index in [0.29, 0.717) is 5.56 Å². The predicted molar refractivity (Wildman–Crippen MR) is 230 cm³/mol. The summed E-state index contributed by atoms with van der Waals surface area (Å²) >= 11 is -0.0133. The van der Waals surface area contributed by atoms with Gasteiger partial charge in [0.2, 0.25) is 0 Å². The number of hydrogen-bond donors (Lipinski definition) is 0. The average Bonchev–Trinajstić information content (AvgIpc) is 3.65. The van der Waals surface area contributed by atoms with Gasteiger partial charge in [0.15, 0.2) is 0 Å². The Hall–Kier alpha value is -6.24. The van der Waals surface area contributed by atoms with Crippen LogP contribution in [0, 0.1) is 0 Å². The molecule has 0 N–H and O–H groups in total. The minimum atomic E-state index is -0.389. The maximum atomic E-state index is 8.96. The summed E-state index contributed by atoms with van der Waals surface area (Å²) in [4.78, 5) is 0. The third kappa shape index (κ3) is 4.69. The first kappa shape index (κ1) is 25.7. The predicted octanol–water partition coefficient (Wildman–Crippen LogP) is 14.3. The average molecular weight is 741 g/mol. The molecule has 0 radical (unpaired) electrons. The molecule has 0 unspecified atom stereocenters.